The van der Waals surface area contributed by atoms with E-state index >= 15 is 0 Å². The van der Waals surface area contributed by atoms with Crippen molar-refractivity contribution in [2.75, 3.05) is 40.1 Å². The average molecular weight is 385 g/mol. The van der Waals surface area contributed by atoms with E-state index in [1.54, 1.807) is 25.1 Å². The average Bonchev–Trinajstić information content (AvgIpc) is 2.61. The fourth-order valence-electron chi connectivity index (χ4n) is 2.88. The van der Waals surface area contributed by atoms with Gasteiger partial charge in [0.2, 0.25) is 5.91 Å². The Morgan fingerprint density at radius 3 is 2.58 bits per heavy atom. The number of carbonyl (C=O) groups excluding carboxylic acids is 1. The first-order valence-corrected chi connectivity index (χ1v) is 10.0. The van der Waals surface area contributed by atoms with Gasteiger partial charge in [0.05, 0.1) is 18.3 Å². The number of nitrogens with one attached hydrogen (secondary N) is 1. The number of hydrogen-bond donors (Lipinski definition) is 1. The number of aromatic nitrogens is 2. The molecular formula is C16H28N6O3S. The summed E-state index contributed by atoms with van der Waals surface area (Å²) in [4.78, 5) is 22.2. The molecule has 0 aromatic carbocycles. The molecule has 2 rings (SSSR count). The van der Waals surface area contributed by atoms with Crippen molar-refractivity contribution in [2.45, 2.75) is 38.8 Å². The molecule has 1 aliphatic rings. The molecule has 1 fully saturated rings. The maximum absolute atomic E-state index is 12.7. The van der Waals surface area contributed by atoms with Crippen molar-refractivity contribution >= 4 is 21.9 Å². The van der Waals surface area contributed by atoms with Crippen molar-refractivity contribution < 1.29 is 13.2 Å². The summed E-state index contributed by atoms with van der Waals surface area (Å²) < 4.78 is 28.1. The molecule has 26 heavy (non-hydrogen) atoms. The molecule has 1 aromatic heterocycles. The van der Waals surface area contributed by atoms with Gasteiger partial charge in [0, 0.05) is 47.7 Å². The molecular weight excluding hydrogens is 356 g/mol. The van der Waals surface area contributed by atoms with Crippen molar-refractivity contribution in [1.29, 1.82) is 0 Å². The van der Waals surface area contributed by atoms with Gasteiger partial charge in [-0.05, 0) is 12.8 Å². The highest BCUT2D eigenvalue weighted by atomic mass is 32.2. The van der Waals surface area contributed by atoms with E-state index in [1.165, 1.54) is 29.6 Å². The molecule has 1 N–H and O–H groups in total. The molecule has 146 valence electrons. The fourth-order valence-corrected chi connectivity index (χ4v) is 4.18. The second kappa shape index (κ2) is 8.28. The third-order valence-electron chi connectivity index (χ3n) is 4.50. The molecule has 0 saturated carbocycles. The van der Waals surface area contributed by atoms with E-state index in [2.05, 4.69) is 15.3 Å². The lowest BCUT2D eigenvalue weighted by molar-refractivity contribution is -0.128. The molecule has 1 atom stereocenters. The fraction of sp³-hybridized carbons (Fsp3) is 0.688. The zero-order valence-corrected chi connectivity index (χ0v) is 16.9. The van der Waals surface area contributed by atoms with Crippen LogP contribution >= 0.6 is 0 Å². The van der Waals surface area contributed by atoms with E-state index in [-0.39, 0.29) is 5.91 Å². The SMILES string of the molecule is CNc1cc(CN(C)C(C)=O)nc([C@H]2CCCCN2S(=O)(=O)N(C)C)n1. The third kappa shape index (κ3) is 4.49. The van der Waals surface area contributed by atoms with Crippen LogP contribution < -0.4 is 5.32 Å². The predicted molar refractivity (Wildman–Crippen MR) is 99.6 cm³/mol. The van der Waals surface area contributed by atoms with Crippen LogP contribution in [0.2, 0.25) is 0 Å². The largest absolute Gasteiger partial charge is 0.373 e. The first kappa shape index (κ1) is 20.5. The second-order valence-electron chi connectivity index (χ2n) is 6.64. The van der Waals surface area contributed by atoms with Crippen LogP contribution in [0.1, 0.15) is 43.7 Å². The molecule has 10 heteroatoms. The summed E-state index contributed by atoms with van der Waals surface area (Å²) >= 11 is 0. The highest BCUT2D eigenvalue weighted by Gasteiger charge is 2.36. The van der Waals surface area contributed by atoms with Crippen molar-refractivity contribution in [3.05, 3.63) is 17.6 Å². The Morgan fingerprint density at radius 1 is 1.31 bits per heavy atom. The minimum atomic E-state index is -3.56. The van der Waals surface area contributed by atoms with Gasteiger partial charge in [0.15, 0.2) is 0 Å². The quantitative estimate of drug-likeness (QED) is 0.780. The third-order valence-corrected chi connectivity index (χ3v) is 6.45. The van der Waals surface area contributed by atoms with E-state index < -0.39 is 16.3 Å². The Labute approximate surface area is 155 Å². The summed E-state index contributed by atoms with van der Waals surface area (Å²) in [6.45, 7) is 2.28. The topological polar surface area (TPSA) is 98.7 Å². The molecule has 1 aliphatic heterocycles. The van der Waals surface area contributed by atoms with Gasteiger partial charge >= 0.3 is 0 Å². The maximum atomic E-state index is 12.7. The molecule has 0 radical (unpaired) electrons. The summed E-state index contributed by atoms with van der Waals surface area (Å²) in [5, 5.41) is 2.99. The minimum absolute atomic E-state index is 0.0642. The first-order valence-electron chi connectivity index (χ1n) is 8.63. The van der Waals surface area contributed by atoms with Crippen molar-refractivity contribution in [1.82, 2.24) is 23.5 Å². The van der Waals surface area contributed by atoms with Crippen LogP contribution in [0, 0.1) is 0 Å². The molecule has 1 aromatic rings. The number of carbonyl (C=O) groups is 1. The number of amides is 1. The van der Waals surface area contributed by atoms with E-state index in [0.29, 0.717) is 36.8 Å². The monoisotopic (exact) mass is 384 g/mol. The first-order chi connectivity index (χ1) is 12.2. The molecule has 9 nitrogen and oxygen atoms in total. The van der Waals surface area contributed by atoms with Gasteiger partial charge in [-0.15, -0.1) is 0 Å². The van der Waals surface area contributed by atoms with E-state index in [1.807, 2.05) is 0 Å². The number of hydrogen-bond acceptors (Lipinski definition) is 6. The van der Waals surface area contributed by atoms with Crippen LogP contribution in [0.4, 0.5) is 5.82 Å². The van der Waals surface area contributed by atoms with Crippen LogP contribution in [-0.4, -0.2) is 72.5 Å². The van der Waals surface area contributed by atoms with Gasteiger partial charge in [0.1, 0.15) is 11.6 Å². The lowest BCUT2D eigenvalue weighted by atomic mass is 10.0. The zero-order chi connectivity index (χ0) is 19.5. The van der Waals surface area contributed by atoms with E-state index in [4.69, 9.17) is 0 Å². The highest BCUT2D eigenvalue weighted by molar-refractivity contribution is 7.86. The van der Waals surface area contributed by atoms with Crippen LogP contribution in [0.25, 0.3) is 0 Å². The molecule has 2 heterocycles. The molecule has 1 saturated heterocycles. The minimum Gasteiger partial charge on any atom is -0.373 e. The van der Waals surface area contributed by atoms with Crippen LogP contribution in [0.5, 0.6) is 0 Å². The Morgan fingerprint density at radius 2 is 2.00 bits per heavy atom. The molecule has 0 aliphatic carbocycles. The lowest BCUT2D eigenvalue weighted by Crippen LogP contribution is -2.45. The molecule has 0 bridgehead atoms. The Bertz CT molecular complexity index is 752. The Kier molecular flexibility index (Phi) is 6.53. The van der Waals surface area contributed by atoms with Crippen LogP contribution in [0.15, 0.2) is 6.07 Å². The zero-order valence-electron chi connectivity index (χ0n) is 16.1. The van der Waals surface area contributed by atoms with Gasteiger partial charge in [-0.3, -0.25) is 4.79 Å². The standard InChI is InChI=1S/C16H28N6O3S/c1-12(23)21(5)11-13-10-15(17-2)19-16(18-13)14-8-6-7-9-22(14)26(24,25)20(3)4/h10,14H,6-9,11H2,1-5H3,(H,17,18,19)/t14-/m1/s1. The second-order valence-corrected chi connectivity index (χ2v) is 8.74. The summed E-state index contributed by atoms with van der Waals surface area (Å²) in [6, 6.07) is 1.36. The van der Waals surface area contributed by atoms with E-state index in [0.717, 1.165) is 12.8 Å². The summed E-state index contributed by atoms with van der Waals surface area (Å²) in [7, 11) is 2.94. The Hall–Kier alpha value is -1.78. The van der Waals surface area contributed by atoms with Crippen molar-refractivity contribution in [2.24, 2.45) is 0 Å². The van der Waals surface area contributed by atoms with Crippen LogP contribution in [-0.2, 0) is 21.5 Å². The Balaban J connectivity index is 2.42. The summed E-state index contributed by atoms with van der Waals surface area (Å²) in [5.41, 5.74) is 0.671. The number of nitrogens with zero attached hydrogens (tertiary/aromatic N) is 5. The molecule has 0 spiro atoms. The number of anilines is 1. The van der Waals surface area contributed by atoms with Gasteiger partial charge in [-0.1, -0.05) is 6.42 Å². The lowest BCUT2D eigenvalue weighted by Gasteiger charge is -2.35. The summed E-state index contributed by atoms with van der Waals surface area (Å²) in [5.74, 6) is 1.01. The molecule has 1 amide bonds. The molecule has 0 unspecified atom stereocenters. The van der Waals surface area contributed by atoms with Crippen molar-refractivity contribution in [3.63, 3.8) is 0 Å². The number of piperidine rings is 1. The van der Waals surface area contributed by atoms with Crippen LogP contribution in [0.3, 0.4) is 0 Å². The predicted octanol–water partition coefficient (Wildman–Crippen LogP) is 0.830. The van der Waals surface area contributed by atoms with Gasteiger partial charge in [0.25, 0.3) is 10.2 Å². The van der Waals surface area contributed by atoms with Gasteiger partial charge < -0.3 is 10.2 Å². The van der Waals surface area contributed by atoms with E-state index in [9.17, 15) is 13.2 Å². The smallest absolute Gasteiger partial charge is 0.282 e. The van der Waals surface area contributed by atoms with Gasteiger partial charge in [-0.2, -0.15) is 17.0 Å². The summed E-state index contributed by atoms with van der Waals surface area (Å²) in [6.07, 6.45) is 2.40. The highest BCUT2D eigenvalue weighted by Crippen LogP contribution is 2.32. The maximum Gasteiger partial charge on any atom is 0.282 e. The normalized spacial score (nSPS) is 18.8. The van der Waals surface area contributed by atoms with Crippen molar-refractivity contribution in [3.8, 4) is 0 Å². The van der Waals surface area contributed by atoms with Gasteiger partial charge in [-0.25, -0.2) is 9.97 Å². The number of rotatable bonds is 6.